The van der Waals surface area contributed by atoms with E-state index in [0.29, 0.717) is 0 Å². The number of rotatable bonds is 5. The second-order valence-corrected chi connectivity index (χ2v) is 5.52. The minimum atomic E-state index is 0.0806. The molecule has 0 fully saturated rings. The fourth-order valence-electron chi connectivity index (χ4n) is 2.02. The van der Waals surface area contributed by atoms with Crippen LogP contribution in [0, 0.1) is 5.41 Å². The molecule has 0 aliphatic heterocycles. The summed E-state index contributed by atoms with van der Waals surface area (Å²) >= 11 is 3.41. The van der Waals surface area contributed by atoms with E-state index in [-0.39, 0.29) is 5.84 Å². The first-order valence-electron chi connectivity index (χ1n) is 6.32. The zero-order valence-corrected chi connectivity index (χ0v) is 12.9. The number of amidine groups is 1. The van der Waals surface area contributed by atoms with Crippen molar-refractivity contribution in [2.45, 2.75) is 6.42 Å². The second kappa shape index (κ2) is 6.52. The van der Waals surface area contributed by atoms with E-state index in [4.69, 9.17) is 11.1 Å². The molecule has 0 saturated carbocycles. The summed E-state index contributed by atoms with van der Waals surface area (Å²) in [6.45, 7) is 0.853. The smallest absolute Gasteiger partial charge is 0.124 e. The Morgan fingerprint density at radius 2 is 2.00 bits per heavy atom. The van der Waals surface area contributed by atoms with Gasteiger partial charge in [0.15, 0.2) is 0 Å². The molecular weight excluding hydrogens is 316 g/mol. The molecule has 0 aliphatic rings. The van der Waals surface area contributed by atoms with E-state index in [9.17, 15) is 0 Å². The standard InChI is InChI=1S/C15H17BrN4/c1-20(9-6-11-4-7-19-8-5-11)14-3-2-12(16)10-13(14)15(17)18/h2-5,7-8,10H,6,9H2,1H3,(H3,17,18). The number of aromatic nitrogens is 1. The highest BCUT2D eigenvalue weighted by molar-refractivity contribution is 9.10. The third kappa shape index (κ3) is 3.57. The molecule has 0 radical (unpaired) electrons. The molecule has 1 aromatic carbocycles. The van der Waals surface area contributed by atoms with Gasteiger partial charge in [0.25, 0.3) is 0 Å². The predicted molar refractivity (Wildman–Crippen MR) is 86.4 cm³/mol. The first-order valence-corrected chi connectivity index (χ1v) is 7.11. The summed E-state index contributed by atoms with van der Waals surface area (Å²) in [5, 5.41) is 7.68. The van der Waals surface area contributed by atoms with Crippen LogP contribution in [0.15, 0.2) is 47.2 Å². The summed E-state index contributed by atoms with van der Waals surface area (Å²) in [6, 6.07) is 9.85. The Morgan fingerprint density at radius 3 is 2.65 bits per heavy atom. The summed E-state index contributed by atoms with van der Waals surface area (Å²) < 4.78 is 0.925. The van der Waals surface area contributed by atoms with Crippen molar-refractivity contribution in [2.24, 2.45) is 5.73 Å². The van der Waals surface area contributed by atoms with Gasteiger partial charge >= 0.3 is 0 Å². The number of nitrogens with one attached hydrogen (secondary N) is 1. The molecule has 4 nitrogen and oxygen atoms in total. The van der Waals surface area contributed by atoms with Gasteiger partial charge in [-0.05, 0) is 42.3 Å². The number of nitrogen functional groups attached to an aromatic ring is 1. The van der Waals surface area contributed by atoms with Gasteiger partial charge in [-0.3, -0.25) is 10.4 Å². The van der Waals surface area contributed by atoms with Gasteiger partial charge in [0.05, 0.1) is 0 Å². The van der Waals surface area contributed by atoms with Crippen LogP contribution in [0.2, 0.25) is 0 Å². The van der Waals surface area contributed by atoms with Crippen LogP contribution in [0.1, 0.15) is 11.1 Å². The Kier molecular flexibility index (Phi) is 4.74. The zero-order valence-electron chi connectivity index (χ0n) is 11.3. The molecule has 1 heterocycles. The number of anilines is 1. The largest absolute Gasteiger partial charge is 0.384 e. The van der Waals surface area contributed by atoms with Gasteiger partial charge in [0.1, 0.15) is 5.84 Å². The third-order valence-corrected chi connectivity index (χ3v) is 3.64. The lowest BCUT2D eigenvalue weighted by Crippen LogP contribution is -2.24. The van der Waals surface area contributed by atoms with Crippen LogP contribution in [-0.2, 0) is 6.42 Å². The molecule has 0 unspecified atom stereocenters. The molecule has 20 heavy (non-hydrogen) atoms. The van der Waals surface area contributed by atoms with Crippen molar-refractivity contribution in [3.05, 3.63) is 58.3 Å². The van der Waals surface area contributed by atoms with Gasteiger partial charge in [-0.2, -0.15) is 0 Å². The molecule has 0 spiro atoms. The zero-order chi connectivity index (χ0) is 14.5. The molecule has 1 aromatic heterocycles. The summed E-state index contributed by atoms with van der Waals surface area (Å²) in [6.07, 6.45) is 4.53. The van der Waals surface area contributed by atoms with Crippen molar-refractivity contribution in [2.75, 3.05) is 18.5 Å². The van der Waals surface area contributed by atoms with Crippen molar-refractivity contribution < 1.29 is 0 Å². The van der Waals surface area contributed by atoms with E-state index in [2.05, 4.69) is 25.8 Å². The molecule has 0 aliphatic carbocycles. The second-order valence-electron chi connectivity index (χ2n) is 4.60. The van der Waals surface area contributed by atoms with Gasteiger partial charge in [-0.15, -0.1) is 0 Å². The van der Waals surface area contributed by atoms with Crippen LogP contribution < -0.4 is 10.6 Å². The third-order valence-electron chi connectivity index (χ3n) is 3.15. The van der Waals surface area contributed by atoms with Crippen LogP contribution >= 0.6 is 15.9 Å². The van der Waals surface area contributed by atoms with E-state index >= 15 is 0 Å². The maximum absolute atomic E-state index is 7.68. The Labute approximate surface area is 127 Å². The minimum absolute atomic E-state index is 0.0806. The van der Waals surface area contributed by atoms with Gasteiger partial charge in [-0.1, -0.05) is 15.9 Å². The lowest BCUT2D eigenvalue weighted by molar-refractivity contribution is 0.873. The molecule has 2 rings (SSSR count). The van der Waals surface area contributed by atoms with Crippen LogP contribution in [0.25, 0.3) is 0 Å². The van der Waals surface area contributed by atoms with Crippen molar-refractivity contribution in [3.63, 3.8) is 0 Å². The molecule has 0 bridgehead atoms. The molecule has 2 aromatic rings. The summed E-state index contributed by atoms with van der Waals surface area (Å²) in [5.41, 5.74) is 8.61. The van der Waals surface area contributed by atoms with Crippen LogP contribution in [0.5, 0.6) is 0 Å². The number of nitrogens with zero attached hydrogens (tertiary/aromatic N) is 2. The highest BCUT2D eigenvalue weighted by Crippen LogP contribution is 2.23. The summed E-state index contributed by atoms with van der Waals surface area (Å²) in [7, 11) is 2.01. The first-order chi connectivity index (χ1) is 9.58. The Morgan fingerprint density at radius 1 is 1.30 bits per heavy atom. The predicted octanol–water partition coefficient (Wildman–Crippen LogP) is 2.81. The quantitative estimate of drug-likeness (QED) is 0.653. The molecule has 0 amide bonds. The molecule has 5 heteroatoms. The van der Waals surface area contributed by atoms with Gasteiger partial charge in [-0.25, -0.2) is 0 Å². The number of hydrogen-bond acceptors (Lipinski definition) is 3. The lowest BCUT2D eigenvalue weighted by atomic mass is 10.1. The number of likely N-dealkylation sites (N-methyl/N-ethyl adjacent to an activating group) is 1. The van der Waals surface area contributed by atoms with Crippen LogP contribution in [0.4, 0.5) is 5.69 Å². The van der Waals surface area contributed by atoms with Gasteiger partial charge in [0.2, 0.25) is 0 Å². The molecule has 0 atom stereocenters. The summed E-state index contributed by atoms with van der Waals surface area (Å²) in [4.78, 5) is 6.13. The molecular formula is C15H17BrN4. The fraction of sp³-hybridized carbons (Fsp3) is 0.200. The number of pyridine rings is 1. The number of nitrogens with two attached hydrogens (primary N) is 1. The highest BCUT2D eigenvalue weighted by atomic mass is 79.9. The SMILES string of the molecule is CN(CCc1ccncc1)c1ccc(Br)cc1C(=N)N. The van der Waals surface area contributed by atoms with E-state index in [1.807, 2.05) is 37.4 Å². The van der Waals surface area contributed by atoms with E-state index in [0.717, 1.165) is 28.7 Å². The van der Waals surface area contributed by atoms with E-state index in [1.54, 1.807) is 12.4 Å². The van der Waals surface area contributed by atoms with Crippen molar-refractivity contribution in [3.8, 4) is 0 Å². The summed E-state index contributed by atoms with van der Waals surface area (Å²) in [5.74, 6) is 0.0806. The Bertz CT molecular complexity index is 598. The monoisotopic (exact) mass is 332 g/mol. The van der Waals surface area contributed by atoms with Crippen molar-refractivity contribution in [1.29, 1.82) is 5.41 Å². The number of hydrogen-bond donors (Lipinski definition) is 2. The normalized spacial score (nSPS) is 10.3. The number of benzene rings is 1. The average molecular weight is 333 g/mol. The Hall–Kier alpha value is -1.88. The first kappa shape index (κ1) is 14.5. The lowest BCUT2D eigenvalue weighted by Gasteiger charge is -2.22. The topological polar surface area (TPSA) is 66.0 Å². The van der Waals surface area contributed by atoms with Crippen LogP contribution in [0.3, 0.4) is 0 Å². The average Bonchev–Trinajstić information content (AvgIpc) is 2.45. The van der Waals surface area contributed by atoms with Crippen molar-refractivity contribution in [1.82, 2.24) is 4.98 Å². The Balaban J connectivity index is 2.13. The minimum Gasteiger partial charge on any atom is -0.384 e. The molecule has 3 N–H and O–H groups in total. The van der Waals surface area contributed by atoms with Crippen LogP contribution in [-0.4, -0.2) is 24.4 Å². The van der Waals surface area contributed by atoms with Gasteiger partial charge < -0.3 is 10.6 Å². The maximum atomic E-state index is 7.68. The van der Waals surface area contributed by atoms with E-state index < -0.39 is 0 Å². The fourth-order valence-corrected chi connectivity index (χ4v) is 2.38. The molecule has 0 saturated heterocycles. The number of halogens is 1. The van der Waals surface area contributed by atoms with Crippen molar-refractivity contribution >= 4 is 27.5 Å². The van der Waals surface area contributed by atoms with E-state index in [1.165, 1.54) is 5.56 Å². The maximum Gasteiger partial charge on any atom is 0.124 e. The highest BCUT2D eigenvalue weighted by Gasteiger charge is 2.10. The molecule has 104 valence electrons. The van der Waals surface area contributed by atoms with Gasteiger partial charge in [0, 0.05) is 41.7 Å².